The maximum atomic E-state index is 11.1. The van der Waals surface area contributed by atoms with Gasteiger partial charge in [-0.1, -0.05) is 26.0 Å². The van der Waals surface area contributed by atoms with Gasteiger partial charge in [0.25, 0.3) is 0 Å². The topological polar surface area (TPSA) is 32.3 Å². The molecule has 1 aromatic rings. The summed E-state index contributed by atoms with van der Waals surface area (Å²) in [4.78, 5) is 0. The summed E-state index contributed by atoms with van der Waals surface area (Å²) in [6.07, 6.45) is 1.54. The van der Waals surface area contributed by atoms with Crippen molar-refractivity contribution >= 4 is 67.7 Å². The molecule has 1 rings (SSSR count). The SMILES string of the molecule is C[CH-]C([O-])Oc1ccc(C(C)CC)cc1.[H-].[Rb+].[Rb+].[Rb+].[Rb+].[Rb][Rb]. The Labute approximate surface area is 376 Å². The third kappa shape index (κ3) is 22.8. The van der Waals surface area contributed by atoms with Crippen LogP contribution in [0.5, 0.6) is 5.75 Å². The van der Waals surface area contributed by atoms with Gasteiger partial charge < -0.3 is 17.7 Å². The van der Waals surface area contributed by atoms with Crippen molar-refractivity contribution in [3.8, 4) is 5.75 Å². The van der Waals surface area contributed by atoms with Crippen LogP contribution in [0.4, 0.5) is 0 Å². The fraction of sp³-hybridized carbons (Fsp3) is 0.462. The van der Waals surface area contributed by atoms with Gasteiger partial charge >= 0.3 is 300 Å². The van der Waals surface area contributed by atoms with Crippen LogP contribution in [0.2, 0.25) is 0 Å². The van der Waals surface area contributed by atoms with E-state index in [4.69, 9.17) is 4.74 Å². The van der Waals surface area contributed by atoms with Gasteiger partial charge in [0.2, 0.25) is 0 Å². The summed E-state index contributed by atoms with van der Waals surface area (Å²) in [6, 6.07) is 7.75. The molecule has 1 aromatic carbocycles. The summed E-state index contributed by atoms with van der Waals surface area (Å²) in [5, 5.41) is 11.1. The Balaban J connectivity index is -0.0000000877. The number of hydrogen-bond donors (Lipinski definition) is 0. The van der Waals surface area contributed by atoms with Gasteiger partial charge in [0.05, 0.1) is 0 Å². The second-order valence-electron chi connectivity index (χ2n) is 3.70. The molecule has 0 heterocycles. The Hall–Kier alpha value is 9.81. The Morgan fingerprint density at radius 2 is 1.57 bits per heavy atom. The van der Waals surface area contributed by atoms with Crippen molar-refractivity contribution in [2.75, 3.05) is 0 Å². The molecule has 2 unspecified atom stereocenters. The van der Waals surface area contributed by atoms with E-state index < -0.39 is 6.29 Å². The monoisotopic (exact) mass is 717 g/mol. The molecule has 0 bridgehead atoms. The standard InChI is InChI=1S/C13H18O2.6Rb.H/c1-4-10(3)11-6-8-12(9-7-11)15-13(14)5-2;;;;;;;/h5-10,13H,4H2,1-3H3;;;;;;;/q-2;;;4*+1;-1. The van der Waals surface area contributed by atoms with Gasteiger partial charge in [-0.2, -0.15) is 6.92 Å². The summed E-state index contributed by atoms with van der Waals surface area (Å²) in [5.41, 5.74) is 1.28. The molecule has 0 radical (unpaired) electrons. The second kappa shape index (κ2) is 29.8. The Bertz CT molecular complexity index is 303. The summed E-state index contributed by atoms with van der Waals surface area (Å²) < 4.78 is 5.12. The van der Waals surface area contributed by atoms with Gasteiger partial charge in [-0.25, -0.2) is 0 Å². The molecule has 0 aliphatic rings. The van der Waals surface area contributed by atoms with E-state index in [1.165, 1.54) is 12.0 Å². The number of rotatable bonds is 5. The molecular weight excluding hydrogens is 701 g/mol. The van der Waals surface area contributed by atoms with Crippen molar-refractivity contribution in [3.63, 3.8) is 0 Å². The van der Waals surface area contributed by atoms with E-state index in [1.54, 1.807) is 6.92 Å². The molecule has 0 N–H and O–H groups in total. The van der Waals surface area contributed by atoms with Gasteiger partial charge in [0, 0.05) is 0 Å². The molecule has 0 spiro atoms. The minimum absolute atomic E-state index is 0. The zero-order chi connectivity index (χ0) is 13.3. The van der Waals surface area contributed by atoms with E-state index in [9.17, 15) is 5.11 Å². The first-order chi connectivity index (χ1) is 8.17. The van der Waals surface area contributed by atoms with Crippen molar-refractivity contribution in [2.45, 2.75) is 39.4 Å². The average molecular weight is 720 g/mol. The molecule has 0 saturated carbocycles. The van der Waals surface area contributed by atoms with Crippen LogP contribution in [0.3, 0.4) is 0 Å². The van der Waals surface area contributed by atoms with Gasteiger partial charge in [0.15, 0.2) is 0 Å². The quantitative estimate of drug-likeness (QED) is 0.224. The molecular formula is C13H19O2Rb6+. The molecule has 2 atom stereocenters. The number of hydrogen-bond acceptors (Lipinski definition) is 2. The molecule has 2 nitrogen and oxygen atoms in total. The van der Waals surface area contributed by atoms with Gasteiger partial charge in [-0.05, 0) is 30.0 Å². The third-order valence-corrected chi connectivity index (χ3v) is 2.59. The molecule has 0 aromatic heterocycles. The summed E-state index contributed by atoms with van der Waals surface area (Å²) in [5.74, 6) is 1.19. The first kappa shape index (κ1) is 41.1. The van der Waals surface area contributed by atoms with Crippen molar-refractivity contribution in [3.05, 3.63) is 36.2 Å². The molecule has 0 aliphatic heterocycles. The van der Waals surface area contributed by atoms with E-state index in [0.717, 1.165) is 74.1 Å². The molecule has 0 fully saturated rings. The van der Waals surface area contributed by atoms with Crippen LogP contribution in [0.15, 0.2) is 24.3 Å². The zero-order valence-corrected chi connectivity index (χ0v) is 45.1. The Morgan fingerprint density at radius 1 is 1.14 bits per heavy atom. The molecule has 8 heteroatoms. The summed E-state index contributed by atoms with van der Waals surface area (Å²) in [7, 11) is 0. The van der Waals surface area contributed by atoms with E-state index in [2.05, 4.69) is 13.8 Å². The van der Waals surface area contributed by atoms with Crippen LogP contribution in [0.1, 0.15) is 40.1 Å². The van der Waals surface area contributed by atoms with E-state index >= 15 is 0 Å². The Morgan fingerprint density at radius 3 is 1.90 bits per heavy atom. The fourth-order valence-electron chi connectivity index (χ4n) is 1.31. The number of benzene rings is 1. The van der Waals surface area contributed by atoms with Crippen LogP contribution in [0.25, 0.3) is 0 Å². The normalized spacial score (nSPS) is 10.9. The predicted octanol–water partition coefficient (Wildman–Crippen LogP) is -10.1. The number of ether oxygens (including phenoxy) is 1. The van der Waals surface area contributed by atoms with E-state index in [1.807, 2.05) is 24.3 Å². The minimum atomic E-state index is -1.07. The Kier molecular flexibility index (Phi) is 58.3. The first-order valence-corrected chi connectivity index (χ1v) is 40.4. The molecule has 0 amide bonds. The molecule has 21 heavy (non-hydrogen) atoms. The molecule has 88 valence electrons. The molecule has 0 aliphatic carbocycles. The van der Waals surface area contributed by atoms with Crippen LogP contribution in [-0.4, -0.2) is 74.0 Å². The van der Waals surface area contributed by atoms with Gasteiger partial charge in [-0.3, -0.25) is 0 Å². The van der Waals surface area contributed by atoms with Gasteiger partial charge in [-0.15, -0.1) is 6.29 Å². The molecule has 0 saturated heterocycles. The van der Waals surface area contributed by atoms with Gasteiger partial charge in [0.1, 0.15) is 5.75 Å². The van der Waals surface area contributed by atoms with Crippen LogP contribution in [-0.2, 0) is 0 Å². The van der Waals surface area contributed by atoms with Crippen LogP contribution in [0, 0.1) is 6.42 Å². The van der Waals surface area contributed by atoms with Crippen molar-refractivity contribution < 1.29 is 244 Å². The van der Waals surface area contributed by atoms with Crippen molar-refractivity contribution in [1.82, 2.24) is 0 Å². The van der Waals surface area contributed by atoms with Crippen molar-refractivity contribution in [2.24, 2.45) is 0 Å². The predicted molar refractivity (Wildman–Crippen MR) is 72.2 cm³/mol. The van der Waals surface area contributed by atoms with Crippen LogP contribution < -0.4 is 243 Å². The average Bonchev–Trinajstić information content (AvgIpc) is 2.40. The fourth-order valence-corrected chi connectivity index (χ4v) is 1.31. The zero-order valence-electron chi connectivity index (χ0n) is 16.6. The third-order valence-electron chi connectivity index (χ3n) is 2.59. The van der Waals surface area contributed by atoms with Crippen LogP contribution >= 0.6 is 0 Å². The maximum absolute atomic E-state index is 11.1. The first-order valence-electron chi connectivity index (χ1n) is 6.39. The van der Waals surface area contributed by atoms with E-state index in [0.29, 0.717) is 11.7 Å². The summed E-state index contributed by atoms with van der Waals surface area (Å²) in [6.45, 7) is 6.05. The van der Waals surface area contributed by atoms with E-state index in [-0.39, 0.29) is 234 Å². The summed E-state index contributed by atoms with van der Waals surface area (Å²) >= 11 is 2.32. The second-order valence-corrected chi connectivity index (χ2v) is 3.70. The van der Waals surface area contributed by atoms with Crippen molar-refractivity contribution in [1.29, 1.82) is 0 Å².